The van der Waals surface area contributed by atoms with Gasteiger partial charge >= 0.3 is 0 Å². The molecule has 72 valence electrons. The number of anilines is 1. The largest absolute Gasteiger partial charge is 0.451 e. The molecule has 0 bridgehead atoms. The van der Waals surface area contributed by atoms with Crippen LogP contribution in [0.4, 0.5) is 5.69 Å². The second kappa shape index (κ2) is 3.33. The quantitative estimate of drug-likeness (QED) is 0.758. The Morgan fingerprint density at radius 3 is 3.07 bits per heavy atom. The molecular weight excluding hydrogens is 184 g/mol. The van der Waals surface area contributed by atoms with Gasteiger partial charge in [-0.25, -0.2) is 4.98 Å². The summed E-state index contributed by atoms with van der Waals surface area (Å²) >= 11 is 0. The van der Waals surface area contributed by atoms with Crippen LogP contribution in [-0.4, -0.2) is 20.7 Å². The van der Waals surface area contributed by atoms with Crippen molar-refractivity contribution in [3.63, 3.8) is 0 Å². The van der Waals surface area contributed by atoms with E-state index in [1.165, 1.54) is 12.7 Å². The average Bonchev–Trinajstić information content (AvgIpc) is 2.75. The SMILES string of the molecule is Cn1cc(NC(=O)c2cocn2)cn1. The third kappa shape index (κ3) is 1.63. The minimum absolute atomic E-state index is 0.244. The second-order valence-corrected chi connectivity index (χ2v) is 2.73. The fraction of sp³-hybridized carbons (Fsp3) is 0.125. The number of hydrogen-bond donors (Lipinski definition) is 1. The number of oxazole rings is 1. The van der Waals surface area contributed by atoms with E-state index in [-0.39, 0.29) is 11.6 Å². The normalized spacial score (nSPS) is 10.1. The van der Waals surface area contributed by atoms with E-state index >= 15 is 0 Å². The standard InChI is InChI=1S/C8H8N4O2/c1-12-3-6(2-10-12)11-8(13)7-4-14-5-9-7/h2-5H,1H3,(H,11,13). The highest BCUT2D eigenvalue weighted by atomic mass is 16.3. The predicted molar refractivity (Wildman–Crippen MR) is 47.7 cm³/mol. The molecule has 0 saturated carbocycles. The number of carbonyl (C=O) groups excluding carboxylic acids is 1. The van der Waals surface area contributed by atoms with E-state index in [1.807, 2.05) is 0 Å². The van der Waals surface area contributed by atoms with Gasteiger partial charge in [-0.3, -0.25) is 9.48 Å². The van der Waals surface area contributed by atoms with Crippen LogP contribution in [0.2, 0.25) is 0 Å². The third-order valence-corrected chi connectivity index (χ3v) is 1.63. The number of amides is 1. The van der Waals surface area contributed by atoms with E-state index in [0.717, 1.165) is 0 Å². The van der Waals surface area contributed by atoms with Crippen LogP contribution in [0, 0.1) is 0 Å². The maximum absolute atomic E-state index is 11.4. The number of aromatic nitrogens is 3. The zero-order valence-corrected chi connectivity index (χ0v) is 7.47. The van der Waals surface area contributed by atoms with Crippen LogP contribution < -0.4 is 5.32 Å². The molecule has 2 heterocycles. The summed E-state index contributed by atoms with van der Waals surface area (Å²) in [6.45, 7) is 0. The van der Waals surface area contributed by atoms with Gasteiger partial charge in [-0.15, -0.1) is 0 Å². The van der Waals surface area contributed by atoms with Crippen molar-refractivity contribution < 1.29 is 9.21 Å². The molecule has 2 aromatic rings. The smallest absolute Gasteiger partial charge is 0.277 e. The molecule has 0 saturated heterocycles. The molecule has 14 heavy (non-hydrogen) atoms. The molecule has 2 aromatic heterocycles. The van der Waals surface area contributed by atoms with Crippen molar-refractivity contribution in [2.75, 3.05) is 5.32 Å². The molecule has 0 aromatic carbocycles. The van der Waals surface area contributed by atoms with E-state index in [1.54, 1.807) is 24.1 Å². The Hall–Kier alpha value is -2.11. The van der Waals surface area contributed by atoms with Crippen LogP contribution in [0.25, 0.3) is 0 Å². The van der Waals surface area contributed by atoms with Crippen molar-refractivity contribution in [1.29, 1.82) is 0 Å². The van der Waals surface area contributed by atoms with Gasteiger partial charge in [0.2, 0.25) is 0 Å². The third-order valence-electron chi connectivity index (χ3n) is 1.63. The van der Waals surface area contributed by atoms with Crippen LogP contribution in [-0.2, 0) is 7.05 Å². The highest BCUT2D eigenvalue weighted by Crippen LogP contribution is 2.05. The van der Waals surface area contributed by atoms with Crippen molar-refractivity contribution >= 4 is 11.6 Å². The van der Waals surface area contributed by atoms with Gasteiger partial charge < -0.3 is 9.73 Å². The first-order valence-electron chi connectivity index (χ1n) is 3.94. The van der Waals surface area contributed by atoms with Gasteiger partial charge in [0.15, 0.2) is 12.1 Å². The first-order chi connectivity index (χ1) is 6.75. The van der Waals surface area contributed by atoms with Gasteiger partial charge in [-0.2, -0.15) is 5.10 Å². The molecular formula is C8H8N4O2. The molecule has 0 aliphatic rings. The van der Waals surface area contributed by atoms with E-state index in [9.17, 15) is 4.79 Å². The number of nitrogens with zero attached hydrogens (tertiary/aromatic N) is 3. The van der Waals surface area contributed by atoms with Crippen LogP contribution in [0.15, 0.2) is 29.5 Å². The lowest BCUT2D eigenvalue weighted by Gasteiger charge is -1.96. The Kier molecular flexibility index (Phi) is 2.02. The minimum atomic E-state index is -0.313. The molecule has 1 N–H and O–H groups in total. The first kappa shape index (κ1) is 8.49. The van der Waals surface area contributed by atoms with Gasteiger partial charge in [0, 0.05) is 13.2 Å². The number of hydrogen-bond acceptors (Lipinski definition) is 4. The van der Waals surface area contributed by atoms with Gasteiger partial charge in [0.05, 0.1) is 11.9 Å². The van der Waals surface area contributed by atoms with Gasteiger partial charge in [0.25, 0.3) is 5.91 Å². The van der Waals surface area contributed by atoms with Gasteiger partial charge in [-0.05, 0) is 0 Å². The predicted octanol–water partition coefficient (Wildman–Crippen LogP) is 0.660. The maximum Gasteiger partial charge on any atom is 0.277 e. The molecule has 0 radical (unpaired) electrons. The second-order valence-electron chi connectivity index (χ2n) is 2.73. The van der Waals surface area contributed by atoms with E-state index in [4.69, 9.17) is 0 Å². The molecule has 0 atom stereocenters. The van der Waals surface area contributed by atoms with Crippen molar-refractivity contribution in [1.82, 2.24) is 14.8 Å². The van der Waals surface area contributed by atoms with E-state index in [2.05, 4.69) is 19.8 Å². The fourth-order valence-electron chi connectivity index (χ4n) is 1.01. The molecule has 2 rings (SSSR count). The van der Waals surface area contributed by atoms with E-state index < -0.39 is 0 Å². The highest BCUT2D eigenvalue weighted by molar-refractivity contribution is 6.02. The number of rotatable bonds is 2. The first-order valence-corrected chi connectivity index (χ1v) is 3.94. The molecule has 6 heteroatoms. The number of nitrogens with one attached hydrogen (secondary N) is 1. The Morgan fingerprint density at radius 1 is 1.64 bits per heavy atom. The zero-order chi connectivity index (χ0) is 9.97. The van der Waals surface area contributed by atoms with Crippen molar-refractivity contribution in [3.05, 3.63) is 30.7 Å². The lowest BCUT2D eigenvalue weighted by atomic mass is 10.4. The Morgan fingerprint density at radius 2 is 2.50 bits per heavy atom. The Labute approximate surface area is 79.6 Å². The molecule has 1 amide bonds. The Bertz CT molecular complexity index is 432. The molecule has 0 aliphatic heterocycles. The van der Waals surface area contributed by atoms with E-state index in [0.29, 0.717) is 5.69 Å². The van der Waals surface area contributed by atoms with Crippen molar-refractivity contribution in [2.24, 2.45) is 7.05 Å². The molecule has 6 nitrogen and oxygen atoms in total. The molecule has 0 spiro atoms. The van der Waals surface area contributed by atoms with Crippen LogP contribution >= 0.6 is 0 Å². The van der Waals surface area contributed by atoms with Crippen molar-refractivity contribution in [2.45, 2.75) is 0 Å². The maximum atomic E-state index is 11.4. The van der Waals surface area contributed by atoms with Crippen molar-refractivity contribution in [3.8, 4) is 0 Å². The Balaban J connectivity index is 2.09. The van der Waals surface area contributed by atoms with Crippen LogP contribution in [0.3, 0.4) is 0 Å². The summed E-state index contributed by atoms with van der Waals surface area (Å²) in [5.41, 5.74) is 0.870. The molecule has 0 fully saturated rings. The average molecular weight is 192 g/mol. The lowest BCUT2D eigenvalue weighted by Crippen LogP contribution is -2.11. The summed E-state index contributed by atoms with van der Waals surface area (Å²) in [5.74, 6) is -0.313. The summed E-state index contributed by atoms with van der Waals surface area (Å²) in [5, 5.41) is 6.53. The van der Waals surface area contributed by atoms with Crippen LogP contribution in [0.5, 0.6) is 0 Å². The summed E-state index contributed by atoms with van der Waals surface area (Å²) in [4.78, 5) is 15.1. The fourth-order valence-corrected chi connectivity index (χ4v) is 1.01. The van der Waals surface area contributed by atoms with Gasteiger partial charge in [0.1, 0.15) is 6.26 Å². The molecule has 0 unspecified atom stereocenters. The van der Waals surface area contributed by atoms with Gasteiger partial charge in [-0.1, -0.05) is 0 Å². The minimum Gasteiger partial charge on any atom is -0.451 e. The van der Waals surface area contributed by atoms with Crippen LogP contribution in [0.1, 0.15) is 10.5 Å². The monoisotopic (exact) mass is 192 g/mol. The number of aryl methyl sites for hydroxylation is 1. The lowest BCUT2D eigenvalue weighted by molar-refractivity contribution is 0.102. The highest BCUT2D eigenvalue weighted by Gasteiger charge is 2.09. The zero-order valence-electron chi connectivity index (χ0n) is 7.47. The number of carbonyl (C=O) groups is 1. The topological polar surface area (TPSA) is 73.0 Å². The molecule has 0 aliphatic carbocycles. The summed E-state index contributed by atoms with van der Waals surface area (Å²) in [7, 11) is 1.77. The summed E-state index contributed by atoms with van der Waals surface area (Å²) in [6.07, 6.45) is 5.74. The summed E-state index contributed by atoms with van der Waals surface area (Å²) in [6, 6.07) is 0. The summed E-state index contributed by atoms with van der Waals surface area (Å²) < 4.78 is 6.28.